The summed E-state index contributed by atoms with van der Waals surface area (Å²) in [6.07, 6.45) is 1.33. The Morgan fingerprint density at radius 2 is 2.06 bits per heavy atom. The van der Waals surface area contributed by atoms with Gasteiger partial charge in [-0.3, -0.25) is 9.59 Å². The van der Waals surface area contributed by atoms with E-state index in [1.807, 2.05) is 18.2 Å². The van der Waals surface area contributed by atoms with Gasteiger partial charge in [0.1, 0.15) is 0 Å². The standard InChI is InChI=1S/C14H16N2O2/c17-13-6-10(8-15-13)14(18)16-12-7-11(12)9-4-2-1-3-5-9/h1-5,10-12H,6-8H2,(H,15,17)(H,16,18). The van der Waals surface area contributed by atoms with Gasteiger partial charge >= 0.3 is 0 Å². The fraction of sp³-hybridized carbons (Fsp3) is 0.429. The van der Waals surface area contributed by atoms with Gasteiger partial charge in [-0.2, -0.15) is 0 Å². The second kappa shape index (κ2) is 4.44. The van der Waals surface area contributed by atoms with Crippen molar-refractivity contribution in [2.45, 2.75) is 24.8 Å². The summed E-state index contributed by atoms with van der Waals surface area (Å²) in [7, 11) is 0. The van der Waals surface area contributed by atoms with Crippen LogP contribution in [-0.4, -0.2) is 24.4 Å². The van der Waals surface area contributed by atoms with E-state index in [-0.39, 0.29) is 23.8 Å². The molecule has 94 valence electrons. The van der Waals surface area contributed by atoms with Crippen LogP contribution in [-0.2, 0) is 9.59 Å². The van der Waals surface area contributed by atoms with Gasteiger partial charge in [0.05, 0.1) is 5.92 Å². The van der Waals surface area contributed by atoms with E-state index in [9.17, 15) is 9.59 Å². The second-order valence-corrected chi connectivity index (χ2v) is 5.07. The third kappa shape index (κ3) is 2.23. The van der Waals surface area contributed by atoms with E-state index in [4.69, 9.17) is 0 Å². The summed E-state index contributed by atoms with van der Waals surface area (Å²) >= 11 is 0. The predicted molar refractivity (Wildman–Crippen MR) is 66.8 cm³/mol. The van der Waals surface area contributed by atoms with Crippen LogP contribution in [0.15, 0.2) is 30.3 Å². The van der Waals surface area contributed by atoms with E-state index < -0.39 is 0 Å². The summed E-state index contributed by atoms with van der Waals surface area (Å²) in [4.78, 5) is 23.0. The first-order valence-corrected chi connectivity index (χ1v) is 6.36. The third-order valence-electron chi connectivity index (χ3n) is 3.69. The second-order valence-electron chi connectivity index (χ2n) is 5.07. The molecule has 1 saturated heterocycles. The van der Waals surface area contributed by atoms with Crippen molar-refractivity contribution in [1.82, 2.24) is 10.6 Å². The molecule has 2 fully saturated rings. The van der Waals surface area contributed by atoms with Gasteiger partial charge in [0.2, 0.25) is 11.8 Å². The third-order valence-corrected chi connectivity index (χ3v) is 3.69. The summed E-state index contributed by atoms with van der Waals surface area (Å²) < 4.78 is 0. The molecule has 1 heterocycles. The summed E-state index contributed by atoms with van der Waals surface area (Å²) in [6.45, 7) is 0.480. The minimum atomic E-state index is -0.186. The van der Waals surface area contributed by atoms with Gasteiger partial charge < -0.3 is 10.6 Å². The van der Waals surface area contributed by atoms with Gasteiger partial charge in [0.15, 0.2) is 0 Å². The molecular weight excluding hydrogens is 228 g/mol. The molecule has 2 N–H and O–H groups in total. The zero-order valence-electron chi connectivity index (χ0n) is 10.1. The Bertz CT molecular complexity index is 472. The molecule has 1 aromatic rings. The van der Waals surface area contributed by atoms with E-state index in [1.165, 1.54) is 5.56 Å². The first-order valence-electron chi connectivity index (χ1n) is 6.36. The van der Waals surface area contributed by atoms with Gasteiger partial charge in [-0.15, -0.1) is 0 Å². The largest absolute Gasteiger partial charge is 0.355 e. The van der Waals surface area contributed by atoms with Crippen molar-refractivity contribution in [2.24, 2.45) is 5.92 Å². The number of carbonyl (C=O) groups excluding carboxylic acids is 2. The molecule has 4 nitrogen and oxygen atoms in total. The highest BCUT2D eigenvalue weighted by atomic mass is 16.2. The van der Waals surface area contributed by atoms with Crippen molar-refractivity contribution in [3.63, 3.8) is 0 Å². The maximum absolute atomic E-state index is 11.9. The minimum absolute atomic E-state index is 0.0109. The zero-order valence-corrected chi connectivity index (χ0v) is 10.1. The highest BCUT2D eigenvalue weighted by Crippen LogP contribution is 2.40. The van der Waals surface area contributed by atoms with Crippen LogP contribution in [0.5, 0.6) is 0 Å². The van der Waals surface area contributed by atoms with Crippen LogP contribution in [0.2, 0.25) is 0 Å². The molecule has 3 unspecified atom stereocenters. The van der Waals surface area contributed by atoms with E-state index in [1.54, 1.807) is 0 Å². The Balaban J connectivity index is 1.54. The molecule has 0 radical (unpaired) electrons. The molecular formula is C14H16N2O2. The number of hydrogen-bond donors (Lipinski definition) is 2. The summed E-state index contributed by atoms with van der Waals surface area (Å²) in [5.74, 6) is 0.247. The average molecular weight is 244 g/mol. The van der Waals surface area contributed by atoms with E-state index in [0.717, 1.165) is 6.42 Å². The van der Waals surface area contributed by atoms with Crippen molar-refractivity contribution in [1.29, 1.82) is 0 Å². The minimum Gasteiger partial charge on any atom is -0.355 e. The first-order chi connectivity index (χ1) is 8.74. The molecule has 1 aromatic carbocycles. The van der Waals surface area contributed by atoms with Crippen LogP contribution in [0.4, 0.5) is 0 Å². The first kappa shape index (κ1) is 11.3. The molecule has 0 aromatic heterocycles. The predicted octanol–water partition coefficient (Wildman–Crippen LogP) is 0.795. The molecule has 2 amide bonds. The van der Waals surface area contributed by atoms with Crippen molar-refractivity contribution in [3.8, 4) is 0 Å². The highest BCUT2D eigenvalue weighted by Gasteiger charge is 2.41. The number of benzene rings is 1. The van der Waals surface area contributed by atoms with E-state index in [0.29, 0.717) is 18.9 Å². The maximum atomic E-state index is 11.9. The zero-order chi connectivity index (χ0) is 12.5. The Morgan fingerprint density at radius 1 is 1.28 bits per heavy atom. The lowest BCUT2D eigenvalue weighted by Crippen LogP contribution is -2.34. The van der Waals surface area contributed by atoms with Crippen molar-refractivity contribution in [3.05, 3.63) is 35.9 Å². The Kier molecular flexibility index (Phi) is 2.78. The molecule has 3 atom stereocenters. The number of amides is 2. The number of nitrogens with one attached hydrogen (secondary N) is 2. The van der Waals surface area contributed by atoms with E-state index in [2.05, 4.69) is 22.8 Å². The molecule has 4 heteroatoms. The van der Waals surface area contributed by atoms with Gasteiger partial charge in [-0.25, -0.2) is 0 Å². The molecule has 1 saturated carbocycles. The van der Waals surface area contributed by atoms with Crippen LogP contribution in [0.3, 0.4) is 0 Å². The highest BCUT2D eigenvalue weighted by molar-refractivity contribution is 5.89. The van der Waals surface area contributed by atoms with Crippen LogP contribution in [0.1, 0.15) is 24.3 Å². The Morgan fingerprint density at radius 3 is 2.72 bits per heavy atom. The Hall–Kier alpha value is -1.84. The maximum Gasteiger partial charge on any atom is 0.225 e. The molecule has 0 bridgehead atoms. The van der Waals surface area contributed by atoms with Crippen molar-refractivity contribution in [2.75, 3.05) is 6.54 Å². The smallest absolute Gasteiger partial charge is 0.225 e. The fourth-order valence-electron chi connectivity index (χ4n) is 2.51. The van der Waals surface area contributed by atoms with Crippen molar-refractivity contribution >= 4 is 11.8 Å². The van der Waals surface area contributed by atoms with Crippen LogP contribution in [0.25, 0.3) is 0 Å². The lowest BCUT2D eigenvalue weighted by Gasteiger charge is -2.08. The monoisotopic (exact) mass is 244 g/mol. The number of carbonyl (C=O) groups is 2. The molecule has 0 spiro atoms. The molecule has 1 aliphatic carbocycles. The SMILES string of the molecule is O=C1CC(C(=O)NC2CC2c2ccccc2)CN1. The van der Waals surface area contributed by atoms with Gasteiger partial charge in [-0.05, 0) is 12.0 Å². The normalized spacial score (nSPS) is 29.8. The molecule has 1 aliphatic heterocycles. The quantitative estimate of drug-likeness (QED) is 0.826. The van der Waals surface area contributed by atoms with Gasteiger partial charge in [0.25, 0.3) is 0 Å². The summed E-state index contributed by atoms with van der Waals surface area (Å²) in [5.41, 5.74) is 1.28. The fourth-order valence-corrected chi connectivity index (χ4v) is 2.51. The number of rotatable bonds is 3. The topological polar surface area (TPSA) is 58.2 Å². The summed E-state index contributed by atoms with van der Waals surface area (Å²) in [5, 5.41) is 5.72. The van der Waals surface area contributed by atoms with Crippen LogP contribution < -0.4 is 10.6 Å². The average Bonchev–Trinajstić information content (AvgIpc) is 3.01. The van der Waals surface area contributed by atoms with Gasteiger partial charge in [0, 0.05) is 24.9 Å². The molecule has 2 aliphatic rings. The van der Waals surface area contributed by atoms with Crippen LogP contribution >= 0.6 is 0 Å². The number of hydrogen-bond acceptors (Lipinski definition) is 2. The van der Waals surface area contributed by atoms with Crippen LogP contribution in [0, 0.1) is 5.92 Å². The lowest BCUT2D eigenvalue weighted by atomic mass is 10.1. The Labute approximate surface area is 106 Å². The lowest BCUT2D eigenvalue weighted by molar-refractivity contribution is -0.126. The molecule has 18 heavy (non-hydrogen) atoms. The molecule has 3 rings (SSSR count). The summed E-state index contributed by atoms with van der Waals surface area (Å²) in [6, 6.07) is 10.5. The van der Waals surface area contributed by atoms with E-state index >= 15 is 0 Å². The van der Waals surface area contributed by atoms with Crippen molar-refractivity contribution < 1.29 is 9.59 Å². The van der Waals surface area contributed by atoms with Gasteiger partial charge in [-0.1, -0.05) is 30.3 Å².